The molecule has 0 bridgehead atoms. The minimum atomic E-state index is -2.69. The second kappa shape index (κ2) is 5.21. The van der Waals surface area contributed by atoms with Gasteiger partial charge in [-0.05, 0) is 30.9 Å². The van der Waals surface area contributed by atoms with E-state index in [0.717, 1.165) is 0 Å². The molecule has 3 N–H and O–H groups in total. The monoisotopic (exact) mass is 359 g/mol. The summed E-state index contributed by atoms with van der Waals surface area (Å²) in [6.07, 6.45) is -3.90. The van der Waals surface area contributed by atoms with Crippen molar-refractivity contribution in [1.29, 1.82) is 0 Å². The number of anilines is 1. The van der Waals surface area contributed by atoms with Crippen LogP contribution in [0.2, 0.25) is 5.28 Å². The van der Waals surface area contributed by atoms with Crippen molar-refractivity contribution in [2.75, 3.05) is 11.9 Å². The Morgan fingerprint density at radius 3 is 2.83 bits per heavy atom. The molecule has 24 heavy (non-hydrogen) atoms. The molecule has 7 nitrogen and oxygen atoms in total. The fourth-order valence-electron chi connectivity index (χ4n) is 3.98. The van der Waals surface area contributed by atoms with Crippen molar-refractivity contribution in [2.24, 2.45) is 11.3 Å². The lowest BCUT2D eigenvalue weighted by molar-refractivity contribution is -0.0663. The van der Waals surface area contributed by atoms with Gasteiger partial charge >= 0.3 is 0 Å². The van der Waals surface area contributed by atoms with Gasteiger partial charge in [0.25, 0.3) is 0 Å². The number of nitrogens with zero attached hydrogens (tertiary/aromatic N) is 4. The third kappa shape index (κ3) is 1.91. The predicted octanol–water partition coefficient (Wildman–Crippen LogP) is 1.46. The van der Waals surface area contributed by atoms with Crippen LogP contribution in [-0.4, -0.2) is 54.9 Å². The van der Waals surface area contributed by atoms with Gasteiger partial charge in [-0.25, -0.2) is 13.8 Å². The molecule has 2 aliphatic carbocycles. The van der Waals surface area contributed by atoms with E-state index in [-0.39, 0.29) is 11.7 Å². The number of aliphatic hydroxyl groups excluding tert-OH is 2. The van der Waals surface area contributed by atoms with Gasteiger partial charge in [0.2, 0.25) is 11.7 Å². The normalized spacial score (nSPS) is 34.8. The van der Waals surface area contributed by atoms with Gasteiger partial charge in [0.15, 0.2) is 17.0 Å². The molecule has 0 spiro atoms. The standard InChI is InChI=1S/C14H16ClF2N5O2/c1-2-18-10-6-11(21-13(15)20-10)22(4-19-6)7-5-3-14(5,12(16)17)9(24)8(7)23/h4-5,7-9,12,23-24H,2-3H2,1H3,(H,18,20,21)/t5-,7-,8+,9+,14+/m1/s1. The van der Waals surface area contributed by atoms with Crippen LogP contribution in [-0.2, 0) is 0 Å². The van der Waals surface area contributed by atoms with Gasteiger partial charge in [-0.3, -0.25) is 0 Å². The van der Waals surface area contributed by atoms with E-state index in [4.69, 9.17) is 11.6 Å². The first-order valence-electron chi connectivity index (χ1n) is 7.70. The summed E-state index contributed by atoms with van der Waals surface area (Å²) in [5.41, 5.74) is -0.751. The molecular weight excluding hydrogens is 344 g/mol. The van der Waals surface area contributed by atoms with E-state index >= 15 is 0 Å². The number of hydrogen-bond donors (Lipinski definition) is 3. The molecule has 10 heteroatoms. The van der Waals surface area contributed by atoms with Crippen molar-refractivity contribution < 1.29 is 19.0 Å². The van der Waals surface area contributed by atoms with Gasteiger partial charge in [0.05, 0.1) is 23.9 Å². The average Bonchev–Trinajstić information content (AvgIpc) is 3.07. The predicted molar refractivity (Wildman–Crippen MR) is 82.1 cm³/mol. The zero-order valence-corrected chi connectivity index (χ0v) is 13.5. The lowest BCUT2D eigenvalue weighted by Crippen LogP contribution is -2.36. The number of nitrogens with one attached hydrogen (secondary N) is 1. The van der Waals surface area contributed by atoms with Crippen LogP contribution in [0.1, 0.15) is 19.4 Å². The van der Waals surface area contributed by atoms with Gasteiger partial charge in [0, 0.05) is 6.54 Å². The van der Waals surface area contributed by atoms with E-state index in [9.17, 15) is 19.0 Å². The largest absolute Gasteiger partial charge is 0.390 e. The van der Waals surface area contributed by atoms with Crippen molar-refractivity contribution in [2.45, 2.75) is 38.0 Å². The minimum Gasteiger partial charge on any atom is -0.390 e. The van der Waals surface area contributed by atoms with Crippen LogP contribution in [0.25, 0.3) is 11.2 Å². The molecular formula is C14H16ClF2N5O2. The lowest BCUT2D eigenvalue weighted by atomic mass is 10.00. The molecule has 5 atom stereocenters. The van der Waals surface area contributed by atoms with Gasteiger partial charge in [0.1, 0.15) is 6.10 Å². The molecule has 0 amide bonds. The highest BCUT2D eigenvalue weighted by molar-refractivity contribution is 6.28. The topological polar surface area (TPSA) is 96.1 Å². The molecule has 130 valence electrons. The molecule has 0 saturated heterocycles. The van der Waals surface area contributed by atoms with Crippen molar-refractivity contribution in [3.05, 3.63) is 11.6 Å². The van der Waals surface area contributed by atoms with Crippen molar-refractivity contribution >= 4 is 28.6 Å². The van der Waals surface area contributed by atoms with E-state index in [1.165, 1.54) is 10.9 Å². The Bertz CT molecular complexity index is 803. The summed E-state index contributed by atoms with van der Waals surface area (Å²) in [7, 11) is 0. The number of rotatable bonds is 4. The Kier molecular flexibility index (Phi) is 3.45. The van der Waals surface area contributed by atoms with Gasteiger partial charge in [-0.2, -0.15) is 9.97 Å². The number of aromatic nitrogens is 4. The number of halogens is 3. The molecule has 2 fully saturated rings. The van der Waals surface area contributed by atoms with Crippen molar-refractivity contribution in [3.8, 4) is 0 Å². The molecule has 2 aromatic heterocycles. The SMILES string of the molecule is CCNc1nc(Cl)nc2c1ncn2[C@H]1[C@H](O)[C@H](O)[C@]2(C(F)F)C[C@H]12. The molecule has 2 aliphatic rings. The molecule has 0 radical (unpaired) electrons. The van der Waals surface area contributed by atoms with Gasteiger partial charge < -0.3 is 20.1 Å². The summed E-state index contributed by atoms with van der Waals surface area (Å²) < 4.78 is 28.3. The number of imidazole rings is 1. The zero-order chi connectivity index (χ0) is 17.2. The Morgan fingerprint density at radius 2 is 2.21 bits per heavy atom. The van der Waals surface area contributed by atoms with Crippen molar-refractivity contribution in [3.63, 3.8) is 0 Å². The number of hydrogen-bond acceptors (Lipinski definition) is 6. The van der Waals surface area contributed by atoms with Crippen LogP contribution in [0.4, 0.5) is 14.6 Å². The Hall–Kier alpha value is -1.58. The third-order valence-electron chi connectivity index (χ3n) is 5.21. The molecule has 0 aliphatic heterocycles. The summed E-state index contributed by atoms with van der Waals surface area (Å²) in [5, 5.41) is 23.5. The second-order valence-corrected chi connectivity index (χ2v) is 6.68. The number of alkyl halides is 2. The lowest BCUT2D eigenvalue weighted by Gasteiger charge is -2.23. The Balaban J connectivity index is 1.81. The first kappa shape index (κ1) is 15.9. The summed E-state index contributed by atoms with van der Waals surface area (Å²) >= 11 is 5.95. The summed E-state index contributed by atoms with van der Waals surface area (Å²) in [6.45, 7) is 2.48. The highest BCUT2D eigenvalue weighted by Gasteiger charge is 2.75. The van der Waals surface area contributed by atoms with Gasteiger partial charge in [-0.15, -0.1) is 0 Å². The summed E-state index contributed by atoms with van der Waals surface area (Å²) in [5.74, 6) is -0.0913. The maximum absolute atomic E-state index is 13.4. The zero-order valence-electron chi connectivity index (χ0n) is 12.7. The first-order valence-corrected chi connectivity index (χ1v) is 8.07. The molecule has 2 heterocycles. The fraction of sp³-hybridized carbons (Fsp3) is 0.643. The van der Waals surface area contributed by atoms with Crippen LogP contribution in [0.3, 0.4) is 0 Å². The van der Waals surface area contributed by atoms with Crippen LogP contribution >= 0.6 is 11.6 Å². The molecule has 0 aromatic carbocycles. The minimum absolute atomic E-state index is 0.0100. The van der Waals surface area contributed by atoms with Crippen LogP contribution in [0.5, 0.6) is 0 Å². The molecule has 4 rings (SSSR count). The van der Waals surface area contributed by atoms with E-state index in [2.05, 4.69) is 20.3 Å². The van der Waals surface area contributed by atoms with E-state index < -0.39 is 36.0 Å². The molecule has 0 unspecified atom stereocenters. The quantitative estimate of drug-likeness (QED) is 0.715. The maximum Gasteiger partial charge on any atom is 0.247 e. The summed E-state index contributed by atoms with van der Waals surface area (Å²) in [4.78, 5) is 12.4. The number of fused-ring (bicyclic) bond motifs is 2. The van der Waals surface area contributed by atoms with Crippen LogP contribution in [0.15, 0.2) is 6.33 Å². The maximum atomic E-state index is 13.4. The van der Waals surface area contributed by atoms with Crippen molar-refractivity contribution in [1.82, 2.24) is 19.5 Å². The highest BCUT2D eigenvalue weighted by atomic mass is 35.5. The third-order valence-corrected chi connectivity index (χ3v) is 5.37. The summed E-state index contributed by atoms with van der Waals surface area (Å²) in [6, 6.07) is -0.723. The first-order chi connectivity index (χ1) is 11.4. The van der Waals surface area contributed by atoms with Crippen LogP contribution < -0.4 is 5.32 Å². The fourth-order valence-corrected chi connectivity index (χ4v) is 4.15. The van der Waals surface area contributed by atoms with Gasteiger partial charge in [-0.1, -0.05) is 0 Å². The molecule has 2 aromatic rings. The van der Waals surface area contributed by atoms with E-state index in [1.54, 1.807) is 0 Å². The number of aliphatic hydroxyl groups is 2. The van der Waals surface area contributed by atoms with Crippen LogP contribution in [0, 0.1) is 11.3 Å². The Labute approximate surface area is 140 Å². The van der Waals surface area contributed by atoms with E-state index in [1.807, 2.05) is 6.92 Å². The highest BCUT2D eigenvalue weighted by Crippen LogP contribution is 2.70. The smallest absolute Gasteiger partial charge is 0.247 e. The average molecular weight is 360 g/mol. The Morgan fingerprint density at radius 1 is 1.46 bits per heavy atom. The molecule has 2 saturated carbocycles. The second-order valence-electron chi connectivity index (χ2n) is 6.35. The van der Waals surface area contributed by atoms with E-state index in [0.29, 0.717) is 23.5 Å².